The van der Waals surface area contributed by atoms with Crippen molar-refractivity contribution < 1.29 is 19.1 Å². The molecule has 0 bridgehead atoms. The summed E-state index contributed by atoms with van der Waals surface area (Å²) >= 11 is 0. The number of likely N-dealkylation sites (tertiary alicyclic amines) is 1. The Hall–Kier alpha value is -2.08. The van der Waals surface area contributed by atoms with E-state index in [9.17, 15) is 9.59 Å². The third kappa shape index (κ3) is 5.34. The van der Waals surface area contributed by atoms with Gasteiger partial charge in [0.05, 0.1) is 12.0 Å². The van der Waals surface area contributed by atoms with Crippen molar-refractivity contribution in [2.24, 2.45) is 5.41 Å². The lowest BCUT2D eigenvalue weighted by Crippen LogP contribution is -2.45. The fourth-order valence-corrected chi connectivity index (χ4v) is 4.72. The van der Waals surface area contributed by atoms with Crippen molar-refractivity contribution in [1.29, 1.82) is 0 Å². The fourth-order valence-electron chi connectivity index (χ4n) is 4.72. The van der Waals surface area contributed by atoms with Crippen LogP contribution in [0.5, 0.6) is 5.75 Å². The summed E-state index contributed by atoms with van der Waals surface area (Å²) in [4.78, 5) is 29.1. The van der Waals surface area contributed by atoms with Crippen LogP contribution in [-0.4, -0.2) is 68.1 Å². The fraction of sp³-hybridized carbons (Fsp3) is 0.667. The van der Waals surface area contributed by atoms with Crippen molar-refractivity contribution in [1.82, 2.24) is 9.80 Å². The van der Waals surface area contributed by atoms with Gasteiger partial charge in [-0.1, -0.05) is 12.1 Å². The predicted molar refractivity (Wildman–Crippen MR) is 117 cm³/mol. The van der Waals surface area contributed by atoms with Crippen molar-refractivity contribution in [3.63, 3.8) is 0 Å². The van der Waals surface area contributed by atoms with E-state index >= 15 is 0 Å². The van der Waals surface area contributed by atoms with Crippen LogP contribution in [0.25, 0.3) is 0 Å². The van der Waals surface area contributed by atoms with Gasteiger partial charge in [-0.25, -0.2) is 0 Å². The molecule has 0 aromatic heterocycles. The number of hydrogen-bond acceptors (Lipinski definition) is 5. The average Bonchev–Trinajstić information content (AvgIpc) is 2.98. The topological polar surface area (TPSA) is 59.1 Å². The minimum atomic E-state index is -0.378. The van der Waals surface area contributed by atoms with E-state index in [1.807, 2.05) is 32.0 Å². The van der Waals surface area contributed by atoms with Crippen molar-refractivity contribution in [3.8, 4) is 5.75 Å². The number of benzene rings is 1. The van der Waals surface area contributed by atoms with E-state index in [-0.39, 0.29) is 23.4 Å². The van der Waals surface area contributed by atoms with Crippen LogP contribution in [0.2, 0.25) is 0 Å². The first kappa shape index (κ1) is 22.6. The molecule has 6 heteroatoms. The van der Waals surface area contributed by atoms with Gasteiger partial charge in [-0.15, -0.1) is 0 Å². The van der Waals surface area contributed by atoms with Gasteiger partial charge in [-0.2, -0.15) is 0 Å². The largest absolute Gasteiger partial charge is 0.494 e. The van der Waals surface area contributed by atoms with Crippen molar-refractivity contribution >= 4 is 11.9 Å². The second kappa shape index (κ2) is 9.82. The van der Waals surface area contributed by atoms with Crippen LogP contribution in [0.3, 0.4) is 0 Å². The molecule has 2 heterocycles. The third-order valence-electron chi connectivity index (χ3n) is 6.36. The number of ether oxygens (including phenoxy) is 2. The molecule has 0 radical (unpaired) electrons. The molecule has 2 aliphatic rings. The highest BCUT2D eigenvalue weighted by atomic mass is 16.6. The van der Waals surface area contributed by atoms with Crippen LogP contribution in [0.4, 0.5) is 0 Å². The van der Waals surface area contributed by atoms with Gasteiger partial charge < -0.3 is 19.3 Å². The molecule has 1 amide bonds. The zero-order chi connectivity index (χ0) is 21.7. The molecule has 30 heavy (non-hydrogen) atoms. The smallest absolute Gasteiger partial charge is 0.312 e. The molecule has 1 aromatic carbocycles. The van der Waals surface area contributed by atoms with Gasteiger partial charge in [-0.05, 0) is 70.8 Å². The number of carbonyl (C=O) groups excluding carboxylic acids is 2. The van der Waals surface area contributed by atoms with Crippen LogP contribution >= 0.6 is 0 Å². The Morgan fingerprint density at radius 1 is 1.30 bits per heavy atom. The number of carbonyl (C=O) groups is 2. The Morgan fingerprint density at radius 3 is 2.67 bits per heavy atom. The van der Waals surface area contributed by atoms with Gasteiger partial charge >= 0.3 is 5.97 Å². The van der Waals surface area contributed by atoms with Crippen LogP contribution in [0.1, 0.15) is 50.2 Å². The van der Waals surface area contributed by atoms with Crippen LogP contribution in [0.15, 0.2) is 18.2 Å². The van der Waals surface area contributed by atoms with Crippen LogP contribution in [-0.2, 0) is 20.7 Å². The molecule has 2 fully saturated rings. The number of cyclic esters (lactones) is 1. The molecule has 6 nitrogen and oxygen atoms in total. The Balaban J connectivity index is 1.43. The first-order valence-electron chi connectivity index (χ1n) is 11.2. The average molecular weight is 417 g/mol. The van der Waals surface area contributed by atoms with Gasteiger partial charge in [-0.3, -0.25) is 9.59 Å². The summed E-state index contributed by atoms with van der Waals surface area (Å²) in [7, 11) is 3.99. The Kier molecular flexibility index (Phi) is 7.40. The van der Waals surface area contributed by atoms with E-state index < -0.39 is 0 Å². The summed E-state index contributed by atoms with van der Waals surface area (Å²) in [5.74, 6) is 1.06. The maximum atomic E-state index is 12.7. The summed E-state index contributed by atoms with van der Waals surface area (Å²) in [6.45, 7) is 6.79. The lowest BCUT2D eigenvalue weighted by molar-refractivity contribution is -0.152. The van der Waals surface area contributed by atoms with Crippen molar-refractivity contribution in [2.75, 3.05) is 40.3 Å². The number of esters is 1. The monoisotopic (exact) mass is 416 g/mol. The molecule has 3 rings (SSSR count). The minimum Gasteiger partial charge on any atom is -0.494 e. The molecule has 0 aliphatic carbocycles. The molecule has 166 valence electrons. The lowest BCUT2D eigenvalue weighted by Gasteiger charge is -2.36. The standard InChI is InChI=1S/C24H36N2O4/c1-5-29-21-10-9-19(15-18(21)2)7-6-8-22(27)26-13-11-24(12-14-26)16-20(17-25(3)4)30-23(24)28/h9-10,15,20H,5-8,11-14,16-17H2,1-4H3. The number of hydrogen-bond donors (Lipinski definition) is 0. The van der Waals surface area contributed by atoms with E-state index in [4.69, 9.17) is 9.47 Å². The van der Waals surface area contributed by atoms with Gasteiger partial charge in [0.1, 0.15) is 11.9 Å². The molecule has 0 saturated carbocycles. The number of piperidine rings is 1. The van der Waals surface area contributed by atoms with E-state index in [0.717, 1.165) is 50.0 Å². The molecule has 2 aliphatic heterocycles. The molecule has 2 saturated heterocycles. The third-order valence-corrected chi connectivity index (χ3v) is 6.36. The van der Waals surface area contributed by atoms with E-state index in [1.54, 1.807) is 0 Å². The first-order chi connectivity index (χ1) is 14.3. The second-order valence-corrected chi connectivity index (χ2v) is 9.04. The summed E-state index contributed by atoms with van der Waals surface area (Å²) in [6.07, 6.45) is 4.47. The number of likely N-dealkylation sites (N-methyl/N-ethyl adjacent to an activating group) is 1. The predicted octanol–water partition coefficient (Wildman–Crippen LogP) is 3.20. The first-order valence-corrected chi connectivity index (χ1v) is 11.2. The molecule has 1 unspecified atom stereocenters. The second-order valence-electron chi connectivity index (χ2n) is 9.04. The van der Waals surface area contributed by atoms with E-state index in [0.29, 0.717) is 26.1 Å². The Bertz CT molecular complexity index is 754. The quantitative estimate of drug-likeness (QED) is 0.609. The molecule has 1 aromatic rings. The Morgan fingerprint density at radius 2 is 2.03 bits per heavy atom. The minimum absolute atomic E-state index is 0.0210. The van der Waals surface area contributed by atoms with Gasteiger partial charge in [0.2, 0.25) is 5.91 Å². The number of rotatable bonds is 8. The Labute approximate surface area is 180 Å². The molecule has 0 N–H and O–H groups in total. The normalized spacial score (nSPS) is 20.6. The number of aryl methyl sites for hydroxylation is 2. The summed E-state index contributed by atoms with van der Waals surface area (Å²) in [6, 6.07) is 6.25. The molecule has 1 atom stereocenters. The SMILES string of the molecule is CCOc1ccc(CCCC(=O)N2CCC3(CC2)CC(CN(C)C)OC3=O)cc1C. The zero-order valence-corrected chi connectivity index (χ0v) is 18.9. The highest BCUT2D eigenvalue weighted by Gasteiger charge is 2.50. The van der Waals surface area contributed by atoms with Gasteiger partial charge in [0.25, 0.3) is 0 Å². The highest BCUT2D eigenvalue weighted by Crippen LogP contribution is 2.43. The van der Waals surface area contributed by atoms with E-state index in [1.165, 1.54) is 5.56 Å². The van der Waals surface area contributed by atoms with Crippen molar-refractivity contribution in [2.45, 2.75) is 58.5 Å². The van der Waals surface area contributed by atoms with Crippen molar-refractivity contribution in [3.05, 3.63) is 29.3 Å². The number of nitrogens with zero attached hydrogens (tertiary/aromatic N) is 2. The lowest BCUT2D eigenvalue weighted by atomic mass is 9.76. The van der Waals surface area contributed by atoms with Gasteiger partial charge in [0, 0.05) is 32.5 Å². The maximum absolute atomic E-state index is 12.7. The van der Waals surface area contributed by atoms with Crippen LogP contribution < -0.4 is 4.74 Å². The summed E-state index contributed by atoms with van der Waals surface area (Å²) < 4.78 is 11.2. The zero-order valence-electron chi connectivity index (χ0n) is 18.9. The maximum Gasteiger partial charge on any atom is 0.312 e. The molecular formula is C24H36N2O4. The molecule has 1 spiro atoms. The van der Waals surface area contributed by atoms with Gasteiger partial charge in [0.15, 0.2) is 0 Å². The summed E-state index contributed by atoms with van der Waals surface area (Å²) in [5.41, 5.74) is 2.00. The van der Waals surface area contributed by atoms with Crippen LogP contribution in [0, 0.1) is 12.3 Å². The highest BCUT2D eigenvalue weighted by molar-refractivity contribution is 5.80. The summed E-state index contributed by atoms with van der Waals surface area (Å²) in [5, 5.41) is 0. The molecular weight excluding hydrogens is 380 g/mol. The number of amides is 1. The van der Waals surface area contributed by atoms with E-state index in [2.05, 4.69) is 24.0 Å².